The quantitative estimate of drug-likeness (QED) is 0.187. The second-order valence-electron chi connectivity index (χ2n) is 10.9. The molecule has 7 nitrogen and oxygen atoms in total. The van der Waals surface area contributed by atoms with Crippen LogP contribution in [0, 0.1) is 5.92 Å². The zero-order chi connectivity index (χ0) is 27.8. The molecule has 0 aliphatic carbocycles. The predicted molar refractivity (Wildman–Crippen MR) is 162 cm³/mol. The summed E-state index contributed by atoms with van der Waals surface area (Å²) >= 11 is 3.28. The number of nitrogens with zero attached hydrogens (tertiary/aromatic N) is 4. The topological polar surface area (TPSA) is 70.7 Å². The number of thioether (sulfide) groups is 1. The van der Waals surface area contributed by atoms with E-state index in [-0.39, 0.29) is 17.8 Å². The van der Waals surface area contributed by atoms with Crippen LogP contribution in [0.2, 0.25) is 0 Å². The van der Waals surface area contributed by atoms with Crippen LogP contribution in [0.25, 0.3) is 16.0 Å². The number of ether oxygens (including phenoxy) is 2. The summed E-state index contributed by atoms with van der Waals surface area (Å²) in [6, 6.07) is 18.5. The highest BCUT2D eigenvalue weighted by molar-refractivity contribution is 7.98. The molecule has 0 unspecified atom stereocenters. The average molecular weight is 575 g/mol. The molecule has 3 aromatic heterocycles. The fourth-order valence-electron chi connectivity index (χ4n) is 5.18. The molecule has 0 fully saturated rings. The van der Waals surface area contributed by atoms with Crippen molar-refractivity contribution in [2.45, 2.75) is 76.8 Å². The normalized spacial score (nSPS) is 15.4. The molecule has 0 saturated carbocycles. The molecule has 1 aliphatic heterocycles. The van der Waals surface area contributed by atoms with E-state index in [1.165, 1.54) is 11.1 Å². The van der Waals surface area contributed by atoms with Gasteiger partial charge in [0.15, 0.2) is 5.16 Å². The number of rotatable bonds is 9. The number of benzene rings is 2. The van der Waals surface area contributed by atoms with Gasteiger partial charge in [0.2, 0.25) is 5.78 Å². The third-order valence-corrected chi connectivity index (χ3v) is 9.49. The monoisotopic (exact) mass is 574 g/mol. The van der Waals surface area contributed by atoms with Gasteiger partial charge in [0.05, 0.1) is 24.2 Å². The number of thiophene rings is 1. The van der Waals surface area contributed by atoms with Gasteiger partial charge >= 0.3 is 0 Å². The standard InChI is InChI=1S/C31H34N4O3S2/c1-19(2)25-16-24-26(17-37-25)40-29-27(24)28(36)34(15-14-21-8-6-5-7-9-21)30-32-33-31(35(29)30)39-18-22-10-12-23(13-11-22)38-20(3)4/h5-13,19-20,25H,14-18H2,1-4H3/t25-/m0/s1. The van der Waals surface area contributed by atoms with E-state index in [9.17, 15) is 4.79 Å². The van der Waals surface area contributed by atoms with Gasteiger partial charge in [-0.05, 0) is 55.0 Å². The lowest BCUT2D eigenvalue weighted by molar-refractivity contribution is 0.00200. The summed E-state index contributed by atoms with van der Waals surface area (Å²) < 4.78 is 15.9. The van der Waals surface area contributed by atoms with Gasteiger partial charge in [-0.1, -0.05) is 68.1 Å². The number of hydrogen-bond acceptors (Lipinski definition) is 7. The second kappa shape index (κ2) is 11.4. The Kier molecular flexibility index (Phi) is 7.70. The van der Waals surface area contributed by atoms with Crippen molar-refractivity contribution in [3.05, 3.63) is 86.5 Å². The van der Waals surface area contributed by atoms with E-state index in [0.29, 0.717) is 24.8 Å². The Bertz CT molecular complexity index is 1690. The highest BCUT2D eigenvalue weighted by Crippen LogP contribution is 2.37. The van der Waals surface area contributed by atoms with Gasteiger partial charge in [-0.2, -0.15) is 0 Å². The van der Waals surface area contributed by atoms with Gasteiger partial charge in [-0.3, -0.25) is 9.36 Å². The Morgan fingerprint density at radius 3 is 2.55 bits per heavy atom. The number of fused-ring (bicyclic) bond motifs is 5. The molecular weight excluding hydrogens is 541 g/mol. The third-order valence-electron chi connectivity index (χ3n) is 7.30. The van der Waals surface area contributed by atoms with Crippen molar-refractivity contribution in [2.24, 2.45) is 5.92 Å². The van der Waals surface area contributed by atoms with Crippen LogP contribution in [0.5, 0.6) is 5.75 Å². The molecule has 6 rings (SSSR count). The smallest absolute Gasteiger partial charge is 0.263 e. The number of aryl methyl sites for hydroxylation is 2. The maximum atomic E-state index is 14.1. The molecule has 1 atom stereocenters. The molecule has 4 heterocycles. The summed E-state index contributed by atoms with van der Waals surface area (Å²) in [6.07, 6.45) is 1.74. The van der Waals surface area contributed by atoms with Crippen LogP contribution in [0.1, 0.15) is 49.3 Å². The summed E-state index contributed by atoms with van der Waals surface area (Å²) in [5.74, 6) is 2.57. The minimum Gasteiger partial charge on any atom is -0.491 e. The molecular formula is C31H34N4O3S2. The highest BCUT2D eigenvalue weighted by atomic mass is 32.2. The minimum atomic E-state index is 0.0185. The lowest BCUT2D eigenvalue weighted by atomic mass is 9.96. The van der Waals surface area contributed by atoms with Crippen LogP contribution in [-0.4, -0.2) is 31.4 Å². The van der Waals surface area contributed by atoms with Crippen LogP contribution in [0.4, 0.5) is 0 Å². The molecule has 208 valence electrons. The molecule has 2 aromatic carbocycles. The second-order valence-corrected chi connectivity index (χ2v) is 12.9. The molecule has 0 radical (unpaired) electrons. The van der Waals surface area contributed by atoms with Crippen LogP contribution < -0.4 is 10.3 Å². The Morgan fingerprint density at radius 2 is 1.82 bits per heavy atom. The highest BCUT2D eigenvalue weighted by Gasteiger charge is 2.29. The number of aromatic nitrogens is 4. The zero-order valence-corrected chi connectivity index (χ0v) is 24.9. The van der Waals surface area contributed by atoms with Crippen molar-refractivity contribution in [3.63, 3.8) is 0 Å². The molecule has 0 bridgehead atoms. The predicted octanol–water partition coefficient (Wildman–Crippen LogP) is 6.53. The summed E-state index contributed by atoms with van der Waals surface area (Å²) in [5.41, 5.74) is 3.51. The van der Waals surface area contributed by atoms with E-state index in [1.807, 2.05) is 48.7 Å². The van der Waals surface area contributed by atoms with Crippen molar-refractivity contribution in [1.29, 1.82) is 0 Å². The maximum absolute atomic E-state index is 14.1. The Labute approximate surface area is 242 Å². The van der Waals surface area contributed by atoms with Gasteiger partial charge in [0.25, 0.3) is 5.56 Å². The molecule has 0 saturated heterocycles. The lowest BCUT2D eigenvalue weighted by Gasteiger charge is -2.26. The minimum absolute atomic E-state index is 0.0185. The van der Waals surface area contributed by atoms with E-state index < -0.39 is 0 Å². The molecule has 40 heavy (non-hydrogen) atoms. The van der Waals surface area contributed by atoms with Gasteiger partial charge in [0, 0.05) is 23.6 Å². The van der Waals surface area contributed by atoms with E-state index in [2.05, 4.69) is 52.7 Å². The zero-order valence-electron chi connectivity index (χ0n) is 23.3. The van der Waals surface area contributed by atoms with E-state index >= 15 is 0 Å². The van der Waals surface area contributed by atoms with Crippen LogP contribution in [-0.2, 0) is 36.5 Å². The Balaban J connectivity index is 1.40. The first-order valence-corrected chi connectivity index (χ1v) is 15.7. The van der Waals surface area contributed by atoms with Crippen LogP contribution in [0.15, 0.2) is 64.5 Å². The summed E-state index contributed by atoms with van der Waals surface area (Å²) in [6.45, 7) is 9.48. The molecule has 9 heteroatoms. The van der Waals surface area contributed by atoms with Crippen LogP contribution >= 0.6 is 23.1 Å². The molecule has 0 spiro atoms. The van der Waals surface area contributed by atoms with E-state index in [0.717, 1.165) is 50.2 Å². The van der Waals surface area contributed by atoms with Gasteiger partial charge in [0.1, 0.15) is 10.6 Å². The number of hydrogen-bond donors (Lipinski definition) is 0. The lowest BCUT2D eigenvalue weighted by Crippen LogP contribution is -2.29. The molecule has 0 amide bonds. The summed E-state index contributed by atoms with van der Waals surface area (Å²) in [5, 5.41) is 10.7. The average Bonchev–Trinajstić information content (AvgIpc) is 3.54. The first kappa shape index (κ1) is 27.1. The van der Waals surface area contributed by atoms with Gasteiger partial charge in [-0.15, -0.1) is 21.5 Å². The van der Waals surface area contributed by atoms with Crippen molar-refractivity contribution in [3.8, 4) is 5.75 Å². The maximum Gasteiger partial charge on any atom is 0.263 e. The fraction of sp³-hybridized carbons (Fsp3) is 0.387. The summed E-state index contributed by atoms with van der Waals surface area (Å²) in [7, 11) is 0. The first-order chi connectivity index (χ1) is 19.4. The largest absolute Gasteiger partial charge is 0.491 e. The van der Waals surface area contributed by atoms with Gasteiger partial charge in [-0.25, -0.2) is 4.40 Å². The molecule has 1 aliphatic rings. The van der Waals surface area contributed by atoms with E-state index in [4.69, 9.17) is 9.47 Å². The summed E-state index contributed by atoms with van der Waals surface area (Å²) in [4.78, 5) is 16.2. The van der Waals surface area contributed by atoms with Crippen molar-refractivity contribution in [2.75, 3.05) is 0 Å². The Hall–Kier alpha value is -3.14. The van der Waals surface area contributed by atoms with Gasteiger partial charge < -0.3 is 9.47 Å². The first-order valence-electron chi connectivity index (χ1n) is 13.8. The van der Waals surface area contributed by atoms with Crippen molar-refractivity contribution in [1.82, 2.24) is 19.2 Å². The van der Waals surface area contributed by atoms with Crippen molar-refractivity contribution >= 4 is 39.1 Å². The Morgan fingerprint density at radius 1 is 1.05 bits per heavy atom. The third kappa shape index (κ3) is 5.30. The fourth-order valence-corrected chi connectivity index (χ4v) is 7.37. The molecule has 0 N–H and O–H groups in total. The van der Waals surface area contributed by atoms with Crippen LogP contribution in [0.3, 0.4) is 0 Å². The SMILES string of the molecule is CC(C)Oc1ccc(CSc2nnc3n(CCc4ccccc4)c(=O)c4c5c(sc4n23)CO[C@H](C(C)C)C5)cc1. The molecule has 5 aromatic rings. The van der Waals surface area contributed by atoms with Crippen molar-refractivity contribution < 1.29 is 9.47 Å². The van der Waals surface area contributed by atoms with E-state index in [1.54, 1.807) is 23.1 Å².